The van der Waals surface area contributed by atoms with E-state index in [9.17, 15) is 4.79 Å². The maximum absolute atomic E-state index is 12.0. The molecule has 2 aliphatic heterocycles. The normalized spacial score (nSPS) is 29.3. The molecule has 1 unspecified atom stereocenters. The highest BCUT2D eigenvalue weighted by molar-refractivity contribution is 5.78. The van der Waals surface area contributed by atoms with Crippen LogP contribution in [0, 0.1) is 5.92 Å². The second-order valence-corrected chi connectivity index (χ2v) is 6.56. The number of carbonyl (C=O) groups excluding carboxylic acids is 1. The Labute approximate surface area is 122 Å². The Kier molecular flexibility index (Phi) is 4.91. The van der Waals surface area contributed by atoms with Crippen LogP contribution in [0.5, 0.6) is 0 Å². The molecule has 0 aromatic rings. The largest absolute Gasteiger partial charge is 0.355 e. The van der Waals surface area contributed by atoms with Crippen LogP contribution in [0.2, 0.25) is 0 Å². The summed E-state index contributed by atoms with van der Waals surface area (Å²) in [4.78, 5) is 16.9. The molecule has 114 valence electrons. The number of likely N-dealkylation sites (tertiary alicyclic amines) is 1. The summed E-state index contributed by atoms with van der Waals surface area (Å²) in [7, 11) is 0. The molecule has 20 heavy (non-hydrogen) atoms. The van der Waals surface area contributed by atoms with E-state index < -0.39 is 0 Å². The molecule has 3 fully saturated rings. The van der Waals surface area contributed by atoms with E-state index in [0.29, 0.717) is 12.5 Å². The van der Waals surface area contributed by atoms with Gasteiger partial charge in [0.1, 0.15) is 0 Å². The van der Waals surface area contributed by atoms with Gasteiger partial charge in [-0.05, 0) is 51.2 Å². The van der Waals surface area contributed by atoms with Crippen molar-refractivity contribution in [1.82, 2.24) is 20.4 Å². The van der Waals surface area contributed by atoms with Gasteiger partial charge in [-0.1, -0.05) is 0 Å². The SMILES string of the molecule is O=C(CN1CCCNCC1)NCC1CCN(C2CC2)C1. The number of amides is 1. The molecule has 1 amide bonds. The van der Waals surface area contributed by atoms with Crippen LogP contribution >= 0.6 is 0 Å². The summed E-state index contributed by atoms with van der Waals surface area (Å²) in [6, 6.07) is 0.875. The van der Waals surface area contributed by atoms with Gasteiger partial charge in [0, 0.05) is 32.2 Å². The van der Waals surface area contributed by atoms with Gasteiger partial charge in [-0.15, -0.1) is 0 Å². The molecule has 5 heteroatoms. The third-order valence-electron chi connectivity index (χ3n) is 4.77. The Morgan fingerprint density at radius 2 is 2.05 bits per heavy atom. The van der Waals surface area contributed by atoms with E-state index in [0.717, 1.165) is 45.2 Å². The molecule has 2 N–H and O–H groups in total. The molecule has 0 bridgehead atoms. The van der Waals surface area contributed by atoms with Gasteiger partial charge in [0.25, 0.3) is 0 Å². The van der Waals surface area contributed by atoms with Crippen molar-refractivity contribution in [3.8, 4) is 0 Å². The quantitative estimate of drug-likeness (QED) is 0.737. The first-order valence-electron chi connectivity index (χ1n) is 8.25. The summed E-state index contributed by atoms with van der Waals surface area (Å²) in [6.45, 7) is 7.99. The second-order valence-electron chi connectivity index (χ2n) is 6.56. The molecular weight excluding hydrogens is 252 g/mol. The van der Waals surface area contributed by atoms with E-state index in [1.54, 1.807) is 0 Å². The lowest BCUT2D eigenvalue weighted by Gasteiger charge is -2.20. The minimum absolute atomic E-state index is 0.205. The zero-order valence-electron chi connectivity index (χ0n) is 12.4. The van der Waals surface area contributed by atoms with Gasteiger partial charge in [0.2, 0.25) is 5.91 Å². The third-order valence-corrected chi connectivity index (χ3v) is 4.77. The van der Waals surface area contributed by atoms with Crippen molar-refractivity contribution in [1.29, 1.82) is 0 Å². The van der Waals surface area contributed by atoms with E-state index >= 15 is 0 Å². The Bertz CT molecular complexity index is 324. The lowest BCUT2D eigenvalue weighted by atomic mass is 10.1. The fourth-order valence-corrected chi connectivity index (χ4v) is 3.38. The van der Waals surface area contributed by atoms with Crippen molar-refractivity contribution >= 4 is 5.91 Å². The average molecular weight is 280 g/mol. The highest BCUT2D eigenvalue weighted by Gasteiger charge is 2.34. The molecule has 5 nitrogen and oxygen atoms in total. The van der Waals surface area contributed by atoms with Gasteiger partial charge in [-0.3, -0.25) is 9.69 Å². The van der Waals surface area contributed by atoms with Crippen LogP contribution in [-0.2, 0) is 4.79 Å². The lowest BCUT2D eigenvalue weighted by molar-refractivity contribution is -0.122. The smallest absolute Gasteiger partial charge is 0.234 e. The number of carbonyl (C=O) groups is 1. The van der Waals surface area contributed by atoms with Crippen molar-refractivity contribution in [3.05, 3.63) is 0 Å². The Morgan fingerprint density at radius 3 is 2.90 bits per heavy atom. The van der Waals surface area contributed by atoms with Crippen molar-refractivity contribution in [2.45, 2.75) is 31.7 Å². The molecule has 3 rings (SSSR count). The first-order chi connectivity index (χ1) is 9.81. The molecule has 1 saturated carbocycles. The molecule has 1 atom stereocenters. The Morgan fingerprint density at radius 1 is 1.15 bits per heavy atom. The van der Waals surface area contributed by atoms with Crippen LogP contribution in [0.1, 0.15) is 25.7 Å². The zero-order valence-corrected chi connectivity index (χ0v) is 12.4. The molecule has 3 aliphatic rings. The Hall–Kier alpha value is -0.650. The van der Waals surface area contributed by atoms with E-state index in [4.69, 9.17) is 0 Å². The maximum atomic E-state index is 12.0. The zero-order chi connectivity index (χ0) is 13.8. The van der Waals surface area contributed by atoms with Gasteiger partial charge in [-0.25, -0.2) is 0 Å². The fourth-order valence-electron chi connectivity index (χ4n) is 3.38. The number of rotatable bonds is 5. The molecule has 2 heterocycles. The highest BCUT2D eigenvalue weighted by atomic mass is 16.2. The minimum atomic E-state index is 0.205. The van der Waals surface area contributed by atoms with Crippen molar-refractivity contribution in [3.63, 3.8) is 0 Å². The van der Waals surface area contributed by atoms with Gasteiger partial charge >= 0.3 is 0 Å². The predicted molar refractivity (Wildman–Crippen MR) is 79.6 cm³/mol. The summed E-state index contributed by atoms with van der Waals surface area (Å²) in [5.74, 6) is 0.877. The first-order valence-corrected chi connectivity index (χ1v) is 8.25. The molecule has 0 radical (unpaired) electrons. The van der Waals surface area contributed by atoms with Crippen molar-refractivity contribution in [2.75, 3.05) is 52.4 Å². The van der Waals surface area contributed by atoms with E-state index in [2.05, 4.69) is 20.4 Å². The van der Waals surface area contributed by atoms with Gasteiger partial charge in [0.05, 0.1) is 6.54 Å². The molecule has 1 aliphatic carbocycles. The molecule has 0 aromatic carbocycles. The number of nitrogens with one attached hydrogen (secondary N) is 2. The predicted octanol–water partition coefficient (Wildman–Crippen LogP) is -0.118. The van der Waals surface area contributed by atoms with Gasteiger partial charge in [-0.2, -0.15) is 0 Å². The maximum Gasteiger partial charge on any atom is 0.234 e. The summed E-state index contributed by atoms with van der Waals surface area (Å²) in [5.41, 5.74) is 0. The fraction of sp³-hybridized carbons (Fsp3) is 0.933. The van der Waals surface area contributed by atoms with E-state index in [1.807, 2.05) is 0 Å². The summed E-state index contributed by atoms with van der Waals surface area (Å²) >= 11 is 0. The molecule has 0 spiro atoms. The number of hydrogen-bond acceptors (Lipinski definition) is 4. The lowest BCUT2D eigenvalue weighted by Crippen LogP contribution is -2.40. The van der Waals surface area contributed by atoms with Crippen LogP contribution in [0.15, 0.2) is 0 Å². The average Bonchev–Trinajstić information content (AvgIpc) is 3.23. The van der Waals surface area contributed by atoms with Crippen LogP contribution in [-0.4, -0.2) is 74.1 Å². The third kappa shape index (κ3) is 4.17. The number of hydrogen-bond donors (Lipinski definition) is 2. The topological polar surface area (TPSA) is 47.6 Å². The first kappa shape index (κ1) is 14.3. The molecule has 2 saturated heterocycles. The van der Waals surface area contributed by atoms with Crippen LogP contribution < -0.4 is 10.6 Å². The van der Waals surface area contributed by atoms with E-state index in [1.165, 1.54) is 32.4 Å². The standard InChI is InChI=1S/C15H28N4O/c20-15(12-18-7-1-5-16-6-9-18)17-10-13-4-8-19(11-13)14-2-3-14/h13-14,16H,1-12H2,(H,17,20). The van der Waals surface area contributed by atoms with Crippen LogP contribution in [0.4, 0.5) is 0 Å². The van der Waals surface area contributed by atoms with Gasteiger partial charge < -0.3 is 15.5 Å². The van der Waals surface area contributed by atoms with Crippen LogP contribution in [0.3, 0.4) is 0 Å². The minimum Gasteiger partial charge on any atom is -0.355 e. The summed E-state index contributed by atoms with van der Waals surface area (Å²) in [5, 5.41) is 6.51. The van der Waals surface area contributed by atoms with E-state index in [-0.39, 0.29) is 5.91 Å². The number of nitrogens with zero attached hydrogens (tertiary/aromatic N) is 2. The van der Waals surface area contributed by atoms with Gasteiger partial charge in [0.15, 0.2) is 0 Å². The Balaban J connectivity index is 1.32. The molecule has 0 aromatic heterocycles. The monoisotopic (exact) mass is 280 g/mol. The molecular formula is C15H28N4O. The second kappa shape index (κ2) is 6.87. The van der Waals surface area contributed by atoms with Crippen molar-refractivity contribution in [2.24, 2.45) is 5.92 Å². The van der Waals surface area contributed by atoms with Crippen LogP contribution in [0.25, 0.3) is 0 Å². The summed E-state index contributed by atoms with van der Waals surface area (Å²) in [6.07, 6.45) is 5.18. The van der Waals surface area contributed by atoms with Crippen molar-refractivity contribution < 1.29 is 4.79 Å². The summed E-state index contributed by atoms with van der Waals surface area (Å²) < 4.78 is 0. The highest BCUT2D eigenvalue weighted by Crippen LogP contribution is 2.31.